The Hall–Kier alpha value is -4.90. The van der Waals surface area contributed by atoms with Crippen LogP contribution in [0.2, 0.25) is 0 Å². The van der Waals surface area contributed by atoms with Crippen LogP contribution in [0.25, 0.3) is 22.4 Å². The van der Waals surface area contributed by atoms with Crippen LogP contribution in [0.4, 0.5) is 5.69 Å². The molecule has 0 saturated heterocycles. The van der Waals surface area contributed by atoms with Gasteiger partial charge in [-0.3, -0.25) is 14.4 Å². The molecule has 11 heteroatoms. The number of amides is 1. The highest BCUT2D eigenvalue weighted by Gasteiger charge is 2.21. The summed E-state index contributed by atoms with van der Waals surface area (Å²) in [5.41, 5.74) is 11.6. The van der Waals surface area contributed by atoms with Crippen molar-refractivity contribution in [1.29, 1.82) is 0 Å². The third kappa shape index (κ3) is 10.8. The number of hydrogen-bond donors (Lipinski definition) is 2. The molecule has 1 unspecified atom stereocenters. The molecule has 272 valence electrons. The van der Waals surface area contributed by atoms with Crippen LogP contribution in [0.3, 0.4) is 0 Å². The fraction of sp³-hybridized carbons (Fsp3) is 0.450. The average Bonchev–Trinajstić information content (AvgIpc) is 3.50. The summed E-state index contributed by atoms with van der Waals surface area (Å²) in [4.78, 5) is 42.2. The summed E-state index contributed by atoms with van der Waals surface area (Å²) in [5, 5.41) is 3.66. The zero-order chi connectivity index (χ0) is 36.2. The van der Waals surface area contributed by atoms with Gasteiger partial charge in [0.2, 0.25) is 5.91 Å². The first-order valence-corrected chi connectivity index (χ1v) is 18.0. The molecule has 0 bridgehead atoms. The van der Waals surface area contributed by atoms with Gasteiger partial charge in [0.15, 0.2) is 0 Å². The number of ether oxygens (including phenoxy) is 3. The number of nitrogens with two attached hydrogens (primary N) is 1. The van der Waals surface area contributed by atoms with Crippen molar-refractivity contribution in [3.05, 3.63) is 77.9 Å². The third-order valence-corrected chi connectivity index (χ3v) is 9.56. The molecule has 1 saturated carbocycles. The van der Waals surface area contributed by atoms with E-state index in [9.17, 15) is 14.4 Å². The minimum atomic E-state index is -0.345. The predicted octanol–water partition coefficient (Wildman–Crippen LogP) is 5.97. The lowest BCUT2D eigenvalue weighted by molar-refractivity contribution is -0.141. The maximum absolute atomic E-state index is 12.2. The number of nitrogens with zero attached hydrogens (tertiary/aromatic N) is 3. The number of nitrogens with one attached hydrogen (secondary N) is 1. The molecule has 0 spiro atoms. The number of rotatable bonds is 18. The minimum absolute atomic E-state index is 0.189. The van der Waals surface area contributed by atoms with E-state index >= 15 is 0 Å². The highest BCUT2D eigenvalue weighted by Crippen LogP contribution is 2.31. The minimum Gasteiger partial charge on any atom is -0.497 e. The average molecular weight is 698 g/mol. The lowest BCUT2D eigenvalue weighted by Gasteiger charge is -2.25. The second-order valence-electron chi connectivity index (χ2n) is 13.3. The Morgan fingerprint density at radius 1 is 0.922 bits per heavy atom. The Balaban J connectivity index is 1.45. The van der Waals surface area contributed by atoms with Gasteiger partial charge in [-0.25, -0.2) is 4.98 Å². The molecule has 0 aliphatic heterocycles. The maximum atomic E-state index is 12.2. The van der Waals surface area contributed by atoms with Gasteiger partial charge in [0, 0.05) is 44.1 Å². The number of methoxy groups -OCH3 is 1. The molecule has 4 aromatic rings. The zero-order valence-corrected chi connectivity index (χ0v) is 30.1. The van der Waals surface area contributed by atoms with Crippen LogP contribution in [-0.4, -0.2) is 67.4 Å². The van der Waals surface area contributed by atoms with E-state index in [1.165, 1.54) is 51.5 Å². The molecule has 1 aliphatic rings. The maximum Gasteiger partial charge on any atom is 0.302 e. The molecule has 1 aliphatic carbocycles. The largest absolute Gasteiger partial charge is 0.497 e. The number of carbonyl (C=O) groups excluding carboxylic acids is 3. The zero-order valence-electron chi connectivity index (χ0n) is 30.1. The van der Waals surface area contributed by atoms with Gasteiger partial charge in [-0.1, -0.05) is 37.5 Å². The van der Waals surface area contributed by atoms with Gasteiger partial charge in [-0.2, -0.15) is 0 Å². The molecule has 1 heterocycles. The van der Waals surface area contributed by atoms with E-state index in [2.05, 4.69) is 40.2 Å². The number of esters is 2. The van der Waals surface area contributed by atoms with E-state index in [0.29, 0.717) is 25.6 Å². The highest BCUT2D eigenvalue weighted by atomic mass is 16.5. The molecule has 3 aromatic carbocycles. The number of imidazole rings is 1. The molecule has 5 rings (SSSR count). The van der Waals surface area contributed by atoms with E-state index in [0.717, 1.165) is 52.4 Å². The molecule has 51 heavy (non-hydrogen) atoms. The SMILES string of the molecule is COc1ccc(CCn2c(-c3ccc(N(CCOC(C)=O)CCOC(C)=O)cc3)nc3cc(C(CC(N)=O)NCC4CCCCC4)ccc32)cc1. The van der Waals surface area contributed by atoms with Crippen molar-refractivity contribution in [1.82, 2.24) is 14.9 Å². The van der Waals surface area contributed by atoms with Gasteiger partial charge < -0.3 is 34.7 Å². The second kappa shape index (κ2) is 18.4. The van der Waals surface area contributed by atoms with Crippen LogP contribution in [0.1, 0.15) is 69.5 Å². The lowest BCUT2D eigenvalue weighted by Crippen LogP contribution is -2.31. The summed E-state index contributed by atoms with van der Waals surface area (Å²) in [5.74, 6) is 1.24. The van der Waals surface area contributed by atoms with E-state index in [1.807, 2.05) is 41.3 Å². The number of primary amides is 1. The van der Waals surface area contributed by atoms with Crippen LogP contribution in [0.15, 0.2) is 66.7 Å². The summed E-state index contributed by atoms with van der Waals surface area (Å²) in [6, 6.07) is 22.3. The monoisotopic (exact) mass is 697 g/mol. The molecule has 1 atom stereocenters. The molecule has 3 N–H and O–H groups in total. The Morgan fingerprint density at radius 3 is 2.20 bits per heavy atom. The first kappa shape index (κ1) is 37.4. The van der Waals surface area contributed by atoms with Gasteiger partial charge in [0.1, 0.15) is 24.8 Å². The summed E-state index contributed by atoms with van der Waals surface area (Å²) in [6.07, 6.45) is 7.26. The number of aromatic nitrogens is 2. The number of aryl methyl sites for hydroxylation is 2. The van der Waals surface area contributed by atoms with Crippen LogP contribution in [0, 0.1) is 5.92 Å². The van der Waals surface area contributed by atoms with E-state index in [1.54, 1.807) is 7.11 Å². The summed E-state index contributed by atoms with van der Waals surface area (Å²) in [7, 11) is 1.66. The van der Waals surface area contributed by atoms with Crippen LogP contribution in [-0.2, 0) is 36.8 Å². The van der Waals surface area contributed by atoms with Gasteiger partial charge in [-0.05, 0) is 91.4 Å². The predicted molar refractivity (Wildman–Crippen MR) is 198 cm³/mol. The van der Waals surface area contributed by atoms with E-state index in [4.69, 9.17) is 24.9 Å². The van der Waals surface area contributed by atoms with Crippen molar-refractivity contribution < 1.29 is 28.6 Å². The normalized spacial score (nSPS) is 13.9. The Morgan fingerprint density at radius 2 is 1.59 bits per heavy atom. The molecule has 1 fully saturated rings. The van der Waals surface area contributed by atoms with Gasteiger partial charge >= 0.3 is 11.9 Å². The van der Waals surface area contributed by atoms with Crippen molar-refractivity contribution in [2.24, 2.45) is 11.7 Å². The number of benzene rings is 3. The van der Waals surface area contributed by atoms with E-state index < -0.39 is 0 Å². The first-order valence-electron chi connectivity index (χ1n) is 18.0. The molecule has 11 nitrogen and oxygen atoms in total. The van der Waals surface area contributed by atoms with Crippen molar-refractivity contribution in [2.45, 2.75) is 71.4 Å². The number of anilines is 1. The van der Waals surface area contributed by atoms with Gasteiger partial charge in [0.05, 0.1) is 31.2 Å². The highest BCUT2D eigenvalue weighted by molar-refractivity contribution is 5.82. The Bertz CT molecular complexity index is 1730. The second-order valence-corrected chi connectivity index (χ2v) is 13.3. The molecular weight excluding hydrogens is 646 g/mol. The van der Waals surface area contributed by atoms with Gasteiger partial charge in [0.25, 0.3) is 0 Å². The van der Waals surface area contributed by atoms with Crippen LogP contribution >= 0.6 is 0 Å². The van der Waals surface area contributed by atoms with Crippen LogP contribution < -0.4 is 20.7 Å². The third-order valence-electron chi connectivity index (χ3n) is 9.56. The summed E-state index contributed by atoms with van der Waals surface area (Å²) >= 11 is 0. The van der Waals surface area contributed by atoms with E-state index in [-0.39, 0.29) is 43.5 Å². The number of fused-ring (bicyclic) bond motifs is 1. The fourth-order valence-electron chi connectivity index (χ4n) is 6.84. The van der Waals surface area contributed by atoms with Crippen molar-refractivity contribution in [3.63, 3.8) is 0 Å². The number of hydrogen-bond acceptors (Lipinski definition) is 9. The smallest absolute Gasteiger partial charge is 0.302 e. The molecule has 0 radical (unpaired) electrons. The number of carbonyl (C=O) groups is 3. The van der Waals surface area contributed by atoms with Gasteiger partial charge in [-0.15, -0.1) is 0 Å². The fourth-order valence-corrected chi connectivity index (χ4v) is 6.84. The summed E-state index contributed by atoms with van der Waals surface area (Å²) in [6.45, 7) is 5.65. The van der Waals surface area contributed by atoms with Crippen molar-refractivity contribution >= 4 is 34.6 Å². The lowest BCUT2D eigenvalue weighted by atomic mass is 9.89. The standard InChI is InChI=1S/C40H51N5O6/c1-28(46)50-23-21-44(22-24-51-29(2)47)34-14-11-32(12-15-34)40-43-37-25-33(36(26-39(41)48)42-27-31-7-5-4-6-8-31)13-18-38(37)45(40)20-19-30-9-16-35(49-3)17-10-30/h9-18,25,31,36,42H,4-8,19-24,26-27H2,1-3H3,(H2,41,48). The molecule has 1 amide bonds. The summed E-state index contributed by atoms with van der Waals surface area (Å²) < 4.78 is 18.0. The topological polar surface area (TPSA) is 138 Å². The molecular formula is C40H51N5O6. The Labute approximate surface area is 300 Å². The van der Waals surface area contributed by atoms with Crippen molar-refractivity contribution in [2.75, 3.05) is 44.9 Å². The Kier molecular flexibility index (Phi) is 13.5. The molecule has 1 aromatic heterocycles. The van der Waals surface area contributed by atoms with Crippen LogP contribution in [0.5, 0.6) is 5.75 Å². The van der Waals surface area contributed by atoms with Crippen molar-refractivity contribution in [3.8, 4) is 17.1 Å². The first-order chi connectivity index (χ1) is 24.7. The quantitative estimate of drug-likeness (QED) is 0.120.